The monoisotopic (exact) mass is 913 g/mol. The molecule has 0 aromatic heterocycles. The molecule has 4 atom stereocenters. The van der Waals surface area contributed by atoms with Gasteiger partial charge in [-0.05, 0) is 55.7 Å². The van der Waals surface area contributed by atoms with E-state index in [0.29, 0.717) is 24.8 Å². The number of nitrogens with one attached hydrogen (secondary N) is 5. The topological polar surface area (TPSA) is 369 Å². The van der Waals surface area contributed by atoms with E-state index in [9.17, 15) is 55.4 Å². The maximum atomic E-state index is 13.8. The molecule has 5 amide bonds. The first-order chi connectivity index (χ1) is 29.3. The molecule has 354 valence electrons. The van der Waals surface area contributed by atoms with Crippen molar-refractivity contribution in [1.29, 1.82) is 0 Å². The number of nitrogens with two attached hydrogens (primary N) is 4. The fourth-order valence-electron chi connectivity index (χ4n) is 5.96. The number of amides is 5. The summed E-state index contributed by atoms with van der Waals surface area (Å²) in [5.74, 6) is -8.65. The SMILES string of the molecule is NC(N)=NCCC[C@@H]1NC(=O)[C@H](CCCN=C(N)N)NC(=O)[C@@H](Cc2ccc(O)cc2)NC(=O)CNC(=O)[C@H](CC2CCCCC2)NC1=O.O=C(O)C(F)(F)F.O=C(O)C(F)(F)F. The lowest BCUT2D eigenvalue weighted by atomic mass is 9.84. The maximum absolute atomic E-state index is 13.8. The molecule has 0 unspecified atom stereocenters. The van der Waals surface area contributed by atoms with Crippen molar-refractivity contribution in [2.45, 2.75) is 107 Å². The van der Waals surface area contributed by atoms with E-state index >= 15 is 0 Å². The van der Waals surface area contributed by atoms with E-state index in [0.717, 1.165) is 32.1 Å². The molecule has 2 aliphatic rings. The number of carboxylic acids is 2. The Bertz CT molecular complexity index is 1730. The van der Waals surface area contributed by atoms with Gasteiger partial charge in [0.2, 0.25) is 29.5 Å². The number of rotatable bonds is 12. The summed E-state index contributed by atoms with van der Waals surface area (Å²) < 4.78 is 63.5. The molecule has 16 N–H and O–H groups in total. The molecule has 27 heteroatoms. The van der Waals surface area contributed by atoms with Gasteiger partial charge in [-0.25, -0.2) is 9.59 Å². The van der Waals surface area contributed by atoms with Crippen LogP contribution in [0.5, 0.6) is 5.75 Å². The van der Waals surface area contributed by atoms with E-state index < -0.39 is 84.5 Å². The van der Waals surface area contributed by atoms with Crippen molar-refractivity contribution < 1.29 is 75.2 Å². The summed E-state index contributed by atoms with van der Waals surface area (Å²) in [6.07, 6.45) is -3.96. The van der Waals surface area contributed by atoms with Crippen LogP contribution >= 0.6 is 0 Å². The molecule has 0 radical (unpaired) electrons. The zero-order chi connectivity index (χ0) is 47.9. The first kappa shape index (κ1) is 54.4. The summed E-state index contributed by atoms with van der Waals surface area (Å²) in [6.45, 7) is -0.0790. The van der Waals surface area contributed by atoms with Crippen LogP contribution in [-0.2, 0) is 40.0 Å². The van der Waals surface area contributed by atoms with Crippen LogP contribution in [0.2, 0.25) is 0 Å². The van der Waals surface area contributed by atoms with Crippen LogP contribution in [-0.4, -0.2) is 125 Å². The Balaban J connectivity index is 0.00000121. The first-order valence-corrected chi connectivity index (χ1v) is 19.3. The third-order valence-corrected chi connectivity index (χ3v) is 9.02. The summed E-state index contributed by atoms with van der Waals surface area (Å²) in [5.41, 5.74) is 22.4. The third kappa shape index (κ3) is 23.3. The number of halogens is 6. The minimum absolute atomic E-state index is 0.0197. The van der Waals surface area contributed by atoms with Crippen LogP contribution in [0.15, 0.2) is 34.3 Å². The number of carbonyl (C=O) groups excluding carboxylic acids is 5. The average molecular weight is 914 g/mol. The Labute approximate surface area is 356 Å². The third-order valence-electron chi connectivity index (χ3n) is 9.02. The fraction of sp³-hybridized carbons (Fsp3) is 0.583. The van der Waals surface area contributed by atoms with Gasteiger partial charge in [0.05, 0.1) is 6.54 Å². The molecular formula is C36H53F6N11O10. The van der Waals surface area contributed by atoms with Crippen LogP contribution in [0.3, 0.4) is 0 Å². The van der Waals surface area contributed by atoms with Gasteiger partial charge in [0, 0.05) is 19.5 Å². The molecule has 1 saturated carbocycles. The van der Waals surface area contributed by atoms with Crippen molar-refractivity contribution in [3.05, 3.63) is 29.8 Å². The molecule has 1 aliphatic carbocycles. The molecule has 0 spiro atoms. The molecule has 1 aromatic rings. The van der Waals surface area contributed by atoms with Crippen LogP contribution in [0.25, 0.3) is 0 Å². The molecule has 1 heterocycles. The Kier molecular flexibility index (Phi) is 23.1. The predicted octanol–water partition coefficient (Wildman–Crippen LogP) is -0.652. The number of aromatic hydroxyl groups is 1. The number of phenolic OH excluding ortho intramolecular Hbond substituents is 1. The lowest BCUT2D eigenvalue weighted by Crippen LogP contribution is -2.58. The summed E-state index contributed by atoms with van der Waals surface area (Å²) in [5, 5.41) is 37.5. The smallest absolute Gasteiger partial charge is 0.490 e. The van der Waals surface area contributed by atoms with Gasteiger partial charge in [-0.15, -0.1) is 0 Å². The van der Waals surface area contributed by atoms with E-state index in [1.165, 1.54) is 12.1 Å². The highest BCUT2D eigenvalue weighted by Gasteiger charge is 2.39. The molecule has 3 rings (SSSR count). The number of phenols is 1. The molecule has 2 fully saturated rings. The normalized spacial score (nSPS) is 20.4. The fourth-order valence-corrected chi connectivity index (χ4v) is 5.96. The maximum Gasteiger partial charge on any atom is 0.490 e. The number of alkyl halides is 6. The Morgan fingerprint density at radius 3 is 1.46 bits per heavy atom. The predicted molar refractivity (Wildman–Crippen MR) is 211 cm³/mol. The van der Waals surface area contributed by atoms with Crippen LogP contribution in [0.4, 0.5) is 26.3 Å². The van der Waals surface area contributed by atoms with Gasteiger partial charge in [0.25, 0.3) is 0 Å². The Morgan fingerprint density at radius 2 is 1.05 bits per heavy atom. The summed E-state index contributed by atoms with van der Waals surface area (Å²) >= 11 is 0. The van der Waals surface area contributed by atoms with Crippen LogP contribution in [0.1, 0.15) is 69.8 Å². The number of aliphatic imine (C=N–C) groups is 2. The van der Waals surface area contributed by atoms with Gasteiger partial charge in [0.15, 0.2) is 11.9 Å². The lowest BCUT2D eigenvalue weighted by Gasteiger charge is -2.28. The second kappa shape index (κ2) is 26.7. The number of hydrogen-bond donors (Lipinski definition) is 12. The van der Waals surface area contributed by atoms with Gasteiger partial charge >= 0.3 is 24.3 Å². The Hall–Kier alpha value is -6.57. The van der Waals surface area contributed by atoms with Crippen LogP contribution in [0, 0.1) is 5.92 Å². The van der Waals surface area contributed by atoms with Crippen molar-refractivity contribution in [3.8, 4) is 5.75 Å². The van der Waals surface area contributed by atoms with Gasteiger partial charge in [0.1, 0.15) is 29.9 Å². The van der Waals surface area contributed by atoms with Gasteiger partial charge in [-0.2, -0.15) is 26.3 Å². The number of nitrogens with zero attached hydrogens (tertiary/aromatic N) is 2. The average Bonchev–Trinajstić information content (AvgIpc) is 3.19. The van der Waals surface area contributed by atoms with Crippen molar-refractivity contribution in [3.63, 3.8) is 0 Å². The van der Waals surface area contributed by atoms with E-state index in [2.05, 4.69) is 36.6 Å². The number of carbonyl (C=O) groups is 7. The van der Waals surface area contributed by atoms with Gasteiger partial charge in [-0.1, -0.05) is 44.2 Å². The summed E-state index contributed by atoms with van der Waals surface area (Å²) in [6, 6.07) is 1.75. The van der Waals surface area contributed by atoms with E-state index in [1.807, 2.05) is 0 Å². The number of benzene rings is 1. The number of carboxylic acid groups (broad SMARTS) is 2. The van der Waals surface area contributed by atoms with E-state index in [1.54, 1.807) is 12.1 Å². The molecule has 21 nitrogen and oxygen atoms in total. The molecule has 0 bridgehead atoms. The van der Waals surface area contributed by atoms with Gasteiger partial charge < -0.3 is 64.8 Å². The van der Waals surface area contributed by atoms with Crippen LogP contribution < -0.4 is 49.5 Å². The molecular weight excluding hydrogens is 860 g/mol. The number of hydrogen-bond acceptors (Lipinski definition) is 10. The highest BCUT2D eigenvalue weighted by molar-refractivity contribution is 5.97. The molecule has 1 aromatic carbocycles. The number of guanidine groups is 2. The lowest BCUT2D eigenvalue weighted by molar-refractivity contribution is -0.193. The molecule has 63 heavy (non-hydrogen) atoms. The van der Waals surface area contributed by atoms with Crippen molar-refractivity contribution in [2.24, 2.45) is 38.8 Å². The second-order valence-corrected chi connectivity index (χ2v) is 14.1. The quantitative estimate of drug-likeness (QED) is 0.0537. The minimum Gasteiger partial charge on any atom is -0.508 e. The second-order valence-electron chi connectivity index (χ2n) is 14.1. The number of aliphatic carboxylic acids is 2. The summed E-state index contributed by atoms with van der Waals surface area (Å²) in [7, 11) is 0. The standard InChI is InChI=1S/C32H51N11O6.2C2HF3O2/c33-31(34)37-14-4-8-22-28(47)41-23(9-5-15-38-32(35)36)29(48)43-24(16-19-6-2-1-3-7-19)27(46)39-18-26(45)40-25(30(49)42-22)17-20-10-12-21(44)13-11-20;2*3-2(4,5)1(6)7/h10-13,19,22-25,44H,1-9,14-18H2,(H,39,46)(H,40,45)(H,41,47)(H,42,49)(H,43,48)(H4,33,34,37)(H4,35,36,38);2*(H,6,7)/t22-,23-,24-,25+;;/m0../s1. The highest BCUT2D eigenvalue weighted by Crippen LogP contribution is 2.27. The van der Waals surface area contributed by atoms with Crippen molar-refractivity contribution in [1.82, 2.24) is 26.6 Å². The zero-order valence-corrected chi connectivity index (χ0v) is 33.8. The zero-order valence-electron chi connectivity index (χ0n) is 33.8. The van der Waals surface area contributed by atoms with Gasteiger partial charge in [-0.3, -0.25) is 34.0 Å². The molecule has 1 aliphatic heterocycles. The van der Waals surface area contributed by atoms with Crippen molar-refractivity contribution >= 4 is 53.4 Å². The summed E-state index contributed by atoms with van der Waals surface area (Å²) in [4.78, 5) is 93.5. The minimum atomic E-state index is -5.08. The Morgan fingerprint density at radius 1 is 0.635 bits per heavy atom. The highest BCUT2D eigenvalue weighted by atomic mass is 19.4. The largest absolute Gasteiger partial charge is 0.508 e. The first-order valence-electron chi connectivity index (χ1n) is 19.3. The van der Waals surface area contributed by atoms with Crippen molar-refractivity contribution in [2.75, 3.05) is 19.6 Å². The van der Waals surface area contributed by atoms with E-state index in [4.69, 9.17) is 42.7 Å². The molecule has 1 saturated heterocycles. The van der Waals surface area contributed by atoms with E-state index in [-0.39, 0.29) is 55.9 Å².